The molecular formula is C29H20Cl3N3O2S. The van der Waals surface area contributed by atoms with Crippen molar-refractivity contribution in [1.82, 2.24) is 9.97 Å². The molecule has 0 aliphatic carbocycles. The maximum absolute atomic E-state index is 12.9. The van der Waals surface area contributed by atoms with Gasteiger partial charge in [0.05, 0.1) is 4.90 Å². The fraction of sp³-hybridized carbons (Fsp3) is 0.0345. The zero-order valence-electron chi connectivity index (χ0n) is 19.7. The molecule has 5 nitrogen and oxygen atoms in total. The number of sulfonamides is 1. The van der Waals surface area contributed by atoms with E-state index in [0.717, 1.165) is 38.5 Å². The topological polar surface area (TPSA) is 77.8 Å². The molecular weight excluding hydrogens is 561 g/mol. The fourth-order valence-corrected chi connectivity index (χ4v) is 6.33. The van der Waals surface area contributed by atoms with Gasteiger partial charge in [-0.1, -0.05) is 46.9 Å². The van der Waals surface area contributed by atoms with Gasteiger partial charge in [-0.3, -0.25) is 4.72 Å². The minimum Gasteiger partial charge on any atom is -0.361 e. The van der Waals surface area contributed by atoms with Crippen LogP contribution in [0.3, 0.4) is 0 Å². The van der Waals surface area contributed by atoms with Crippen LogP contribution in [0.25, 0.3) is 21.8 Å². The van der Waals surface area contributed by atoms with Gasteiger partial charge in [-0.05, 0) is 89.5 Å². The number of anilines is 1. The molecule has 3 N–H and O–H groups in total. The van der Waals surface area contributed by atoms with Gasteiger partial charge in [0.15, 0.2) is 0 Å². The summed E-state index contributed by atoms with van der Waals surface area (Å²) in [7, 11) is -3.76. The summed E-state index contributed by atoms with van der Waals surface area (Å²) >= 11 is 18.7. The second-order valence-electron chi connectivity index (χ2n) is 8.98. The first kappa shape index (κ1) is 24.9. The molecule has 2 heterocycles. The van der Waals surface area contributed by atoms with E-state index in [1.54, 1.807) is 24.3 Å². The number of hydrogen-bond acceptors (Lipinski definition) is 2. The highest BCUT2D eigenvalue weighted by Crippen LogP contribution is 2.40. The SMILES string of the molecule is O=S(=O)(Nc1ccc(C(c2c[nH]c3ccc(Cl)cc23)c2c[nH]c3ccc(Cl)cc23)cc1)c1ccc(Cl)cc1. The molecule has 38 heavy (non-hydrogen) atoms. The summed E-state index contributed by atoms with van der Waals surface area (Å²) in [5, 5.41) is 3.77. The van der Waals surface area contributed by atoms with Crippen LogP contribution in [-0.4, -0.2) is 18.4 Å². The Morgan fingerprint density at radius 1 is 0.632 bits per heavy atom. The number of hydrogen-bond donors (Lipinski definition) is 3. The molecule has 0 fully saturated rings. The molecule has 0 amide bonds. The van der Waals surface area contributed by atoms with Gasteiger partial charge in [0.25, 0.3) is 10.0 Å². The molecule has 0 atom stereocenters. The first-order valence-corrected chi connectivity index (χ1v) is 14.3. The molecule has 0 saturated carbocycles. The van der Waals surface area contributed by atoms with Crippen molar-refractivity contribution in [3.05, 3.63) is 129 Å². The average Bonchev–Trinajstić information content (AvgIpc) is 3.49. The van der Waals surface area contributed by atoms with Gasteiger partial charge >= 0.3 is 0 Å². The number of nitrogens with one attached hydrogen (secondary N) is 3. The van der Waals surface area contributed by atoms with Gasteiger partial charge in [-0.2, -0.15) is 0 Å². The minimum absolute atomic E-state index is 0.134. The number of aromatic amines is 2. The Morgan fingerprint density at radius 2 is 1.13 bits per heavy atom. The lowest BCUT2D eigenvalue weighted by molar-refractivity contribution is 0.601. The van der Waals surface area contributed by atoms with Crippen LogP contribution in [0.2, 0.25) is 15.1 Å². The summed E-state index contributed by atoms with van der Waals surface area (Å²) in [6, 6.07) is 24.9. The van der Waals surface area contributed by atoms with E-state index in [1.807, 2.05) is 60.9 Å². The van der Waals surface area contributed by atoms with Crippen LogP contribution in [0, 0.1) is 0 Å². The van der Waals surface area contributed by atoms with Gasteiger partial charge in [-0.15, -0.1) is 0 Å². The Kier molecular flexibility index (Phi) is 6.36. The standard InChI is InChI=1S/C29H20Cl3N3O2S/c30-18-3-9-22(10-4-18)38(36,37)35-21-7-1-17(2-8-21)29(25-15-33-27-11-5-19(31)13-23(25)27)26-16-34-28-12-6-20(32)14-24(26)28/h1-16,29,33-35H. The van der Waals surface area contributed by atoms with Gasteiger partial charge in [0.1, 0.15) is 0 Å². The number of aromatic nitrogens is 2. The van der Waals surface area contributed by atoms with Gasteiger partial charge < -0.3 is 9.97 Å². The molecule has 0 radical (unpaired) electrons. The largest absolute Gasteiger partial charge is 0.361 e. The van der Waals surface area contributed by atoms with Crippen LogP contribution < -0.4 is 4.72 Å². The van der Waals surface area contributed by atoms with E-state index in [0.29, 0.717) is 20.8 Å². The molecule has 6 aromatic rings. The molecule has 190 valence electrons. The van der Waals surface area contributed by atoms with E-state index in [-0.39, 0.29) is 10.8 Å². The third kappa shape index (κ3) is 4.65. The summed E-state index contributed by atoms with van der Waals surface area (Å²) in [5.74, 6) is -0.184. The fourth-order valence-electron chi connectivity index (χ4n) is 4.80. The molecule has 0 aliphatic rings. The van der Waals surface area contributed by atoms with Crippen molar-refractivity contribution < 1.29 is 8.42 Å². The van der Waals surface area contributed by atoms with Crippen molar-refractivity contribution in [2.24, 2.45) is 0 Å². The number of rotatable bonds is 6. The van der Waals surface area contributed by atoms with E-state index in [4.69, 9.17) is 34.8 Å². The van der Waals surface area contributed by atoms with Crippen molar-refractivity contribution in [3.8, 4) is 0 Å². The van der Waals surface area contributed by atoms with Crippen LogP contribution in [0.4, 0.5) is 5.69 Å². The van der Waals surface area contributed by atoms with Crippen molar-refractivity contribution in [2.45, 2.75) is 10.8 Å². The van der Waals surface area contributed by atoms with E-state index in [1.165, 1.54) is 12.1 Å². The number of H-pyrrole nitrogens is 2. The van der Waals surface area contributed by atoms with Crippen molar-refractivity contribution in [3.63, 3.8) is 0 Å². The summed E-state index contributed by atoms with van der Waals surface area (Å²) in [5.41, 5.74) is 5.45. The van der Waals surface area contributed by atoms with Crippen LogP contribution >= 0.6 is 34.8 Å². The van der Waals surface area contributed by atoms with Crippen LogP contribution in [0.5, 0.6) is 0 Å². The monoisotopic (exact) mass is 579 g/mol. The Hall–Kier alpha value is -3.42. The summed E-state index contributed by atoms with van der Waals surface area (Å²) in [6.07, 6.45) is 3.98. The molecule has 4 aromatic carbocycles. The van der Waals surface area contributed by atoms with Crippen molar-refractivity contribution in [2.75, 3.05) is 4.72 Å². The molecule has 6 rings (SSSR count). The number of benzene rings is 4. The Labute approximate surface area is 234 Å². The highest BCUT2D eigenvalue weighted by Gasteiger charge is 2.24. The van der Waals surface area contributed by atoms with E-state index < -0.39 is 10.0 Å². The van der Waals surface area contributed by atoms with E-state index >= 15 is 0 Å². The predicted molar refractivity (Wildman–Crippen MR) is 156 cm³/mol. The first-order chi connectivity index (χ1) is 18.3. The molecule has 0 aliphatic heterocycles. The second-order valence-corrected chi connectivity index (χ2v) is 12.0. The van der Waals surface area contributed by atoms with Gasteiger partial charge in [-0.25, -0.2) is 8.42 Å². The quantitative estimate of drug-likeness (QED) is 0.184. The van der Waals surface area contributed by atoms with Crippen molar-refractivity contribution in [1.29, 1.82) is 0 Å². The van der Waals surface area contributed by atoms with Gasteiger partial charge in [0, 0.05) is 60.9 Å². The number of halogens is 3. The van der Waals surface area contributed by atoms with Crippen LogP contribution in [-0.2, 0) is 10.0 Å². The van der Waals surface area contributed by atoms with Crippen LogP contribution in [0.15, 0.2) is 102 Å². The Balaban J connectivity index is 1.44. The maximum atomic E-state index is 12.9. The Bertz CT molecular complexity index is 1810. The smallest absolute Gasteiger partial charge is 0.261 e. The lowest BCUT2D eigenvalue weighted by atomic mass is 9.84. The lowest BCUT2D eigenvalue weighted by Gasteiger charge is -2.18. The van der Waals surface area contributed by atoms with Crippen LogP contribution in [0.1, 0.15) is 22.6 Å². The minimum atomic E-state index is -3.76. The van der Waals surface area contributed by atoms with E-state index in [2.05, 4.69) is 14.7 Å². The number of fused-ring (bicyclic) bond motifs is 2. The summed E-state index contributed by atoms with van der Waals surface area (Å²) in [4.78, 5) is 6.85. The van der Waals surface area contributed by atoms with Crippen molar-refractivity contribution >= 4 is 72.3 Å². The first-order valence-electron chi connectivity index (χ1n) is 11.7. The molecule has 0 bridgehead atoms. The Morgan fingerprint density at radius 3 is 1.66 bits per heavy atom. The maximum Gasteiger partial charge on any atom is 0.261 e. The normalized spacial score (nSPS) is 12.0. The molecule has 0 spiro atoms. The zero-order chi connectivity index (χ0) is 26.4. The highest BCUT2D eigenvalue weighted by atomic mass is 35.5. The van der Waals surface area contributed by atoms with Gasteiger partial charge in [0.2, 0.25) is 0 Å². The molecule has 9 heteroatoms. The zero-order valence-corrected chi connectivity index (χ0v) is 22.8. The highest BCUT2D eigenvalue weighted by molar-refractivity contribution is 7.92. The summed E-state index contributed by atoms with van der Waals surface area (Å²) < 4.78 is 28.4. The molecule has 0 saturated heterocycles. The second kappa shape index (κ2) is 9.71. The third-order valence-electron chi connectivity index (χ3n) is 6.59. The molecule has 0 unspecified atom stereocenters. The summed E-state index contributed by atoms with van der Waals surface area (Å²) in [6.45, 7) is 0. The lowest BCUT2D eigenvalue weighted by Crippen LogP contribution is -2.13. The predicted octanol–water partition coefficient (Wildman–Crippen LogP) is 8.59. The van der Waals surface area contributed by atoms with E-state index in [9.17, 15) is 8.42 Å². The molecule has 2 aromatic heterocycles. The average molecular weight is 581 g/mol. The third-order valence-corrected chi connectivity index (χ3v) is 8.71.